The highest BCUT2D eigenvalue weighted by atomic mass is 35.5. The van der Waals surface area contributed by atoms with Gasteiger partial charge in [-0.1, -0.05) is 11.6 Å². The van der Waals surface area contributed by atoms with Crippen LogP contribution in [0.2, 0.25) is 5.02 Å². The molecule has 0 radical (unpaired) electrons. The lowest BCUT2D eigenvalue weighted by Crippen LogP contribution is -2.15. The van der Waals surface area contributed by atoms with E-state index in [-0.39, 0.29) is 10.8 Å². The van der Waals surface area contributed by atoms with Gasteiger partial charge in [0.15, 0.2) is 11.5 Å². The standard InChI is InChI=1S/C17H19ClN2O5S/c1-4-26(22,23)20-13-7-5-12(6-8-13)19-17(21)11-9-14(18)16(25-3)15(10-11)24-2/h5-10,20H,4H2,1-3H3,(H,19,21). The topological polar surface area (TPSA) is 93.7 Å². The van der Waals surface area contributed by atoms with Crippen LogP contribution in [0.25, 0.3) is 0 Å². The van der Waals surface area contributed by atoms with Crippen molar-refractivity contribution >= 4 is 38.9 Å². The van der Waals surface area contributed by atoms with E-state index < -0.39 is 15.9 Å². The van der Waals surface area contributed by atoms with Crippen molar-refractivity contribution in [2.45, 2.75) is 6.92 Å². The molecule has 1 amide bonds. The molecule has 0 aliphatic rings. The third-order valence-electron chi connectivity index (χ3n) is 3.49. The van der Waals surface area contributed by atoms with Crippen LogP contribution in [0.1, 0.15) is 17.3 Å². The van der Waals surface area contributed by atoms with Gasteiger partial charge in [-0.2, -0.15) is 0 Å². The number of hydrogen-bond donors (Lipinski definition) is 2. The van der Waals surface area contributed by atoms with Crippen LogP contribution in [0.4, 0.5) is 11.4 Å². The molecule has 2 aromatic rings. The molecule has 0 unspecified atom stereocenters. The van der Waals surface area contributed by atoms with Crippen molar-refractivity contribution in [3.05, 3.63) is 47.0 Å². The van der Waals surface area contributed by atoms with Crippen LogP contribution in [0.15, 0.2) is 36.4 Å². The van der Waals surface area contributed by atoms with E-state index in [0.717, 1.165) is 0 Å². The fourth-order valence-corrected chi connectivity index (χ4v) is 3.05. The smallest absolute Gasteiger partial charge is 0.255 e. The number of hydrogen-bond acceptors (Lipinski definition) is 5. The lowest BCUT2D eigenvalue weighted by Gasteiger charge is -2.12. The molecule has 140 valence electrons. The number of rotatable bonds is 7. The molecule has 0 atom stereocenters. The first kappa shape index (κ1) is 19.9. The van der Waals surface area contributed by atoms with E-state index in [0.29, 0.717) is 28.4 Å². The van der Waals surface area contributed by atoms with Crippen molar-refractivity contribution in [1.29, 1.82) is 0 Å². The van der Waals surface area contributed by atoms with Crippen molar-refractivity contribution < 1.29 is 22.7 Å². The summed E-state index contributed by atoms with van der Waals surface area (Å²) in [6, 6.07) is 9.29. The molecule has 2 rings (SSSR count). The largest absolute Gasteiger partial charge is 0.493 e. The van der Waals surface area contributed by atoms with Crippen LogP contribution in [-0.4, -0.2) is 34.3 Å². The summed E-state index contributed by atoms with van der Waals surface area (Å²) < 4.78 is 35.8. The number of carbonyl (C=O) groups excluding carboxylic acids is 1. The van der Waals surface area contributed by atoms with Crippen molar-refractivity contribution in [3.8, 4) is 11.5 Å². The Labute approximate surface area is 157 Å². The Morgan fingerprint density at radius 1 is 1.08 bits per heavy atom. The molecule has 0 saturated heterocycles. The van der Waals surface area contributed by atoms with E-state index in [9.17, 15) is 13.2 Å². The highest BCUT2D eigenvalue weighted by Crippen LogP contribution is 2.36. The van der Waals surface area contributed by atoms with Gasteiger partial charge in [-0.3, -0.25) is 9.52 Å². The molecule has 0 fully saturated rings. The molecular weight excluding hydrogens is 380 g/mol. The molecule has 7 nitrogen and oxygen atoms in total. The summed E-state index contributed by atoms with van der Waals surface area (Å²) in [5.41, 5.74) is 1.21. The third kappa shape index (κ3) is 4.80. The number of halogens is 1. The Balaban J connectivity index is 2.16. The SMILES string of the molecule is CCS(=O)(=O)Nc1ccc(NC(=O)c2cc(Cl)c(OC)c(OC)c2)cc1. The minimum atomic E-state index is -3.35. The summed E-state index contributed by atoms with van der Waals surface area (Å²) in [5.74, 6) is 0.272. The highest BCUT2D eigenvalue weighted by Gasteiger charge is 2.15. The maximum Gasteiger partial charge on any atom is 0.255 e. The van der Waals surface area contributed by atoms with E-state index in [2.05, 4.69) is 10.0 Å². The number of nitrogens with one attached hydrogen (secondary N) is 2. The summed E-state index contributed by atoms with van der Waals surface area (Å²) in [4.78, 5) is 12.4. The molecule has 0 heterocycles. The maximum atomic E-state index is 12.4. The van der Waals surface area contributed by atoms with Gasteiger partial charge >= 0.3 is 0 Å². The molecule has 2 aromatic carbocycles. The summed E-state index contributed by atoms with van der Waals surface area (Å²) in [6.45, 7) is 1.55. The van der Waals surface area contributed by atoms with Gasteiger partial charge in [0.05, 0.1) is 25.0 Å². The zero-order valence-corrected chi connectivity index (χ0v) is 16.1. The number of ether oxygens (including phenoxy) is 2. The average molecular weight is 399 g/mol. The number of amides is 1. The quantitative estimate of drug-likeness (QED) is 0.745. The molecule has 9 heteroatoms. The van der Waals surface area contributed by atoms with Gasteiger partial charge in [0, 0.05) is 16.9 Å². The predicted molar refractivity (Wildman–Crippen MR) is 102 cm³/mol. The Morgan fingerprint density at radius 2 is 1.69 bits per heavy atom. The van der Waals surface area contributed by atoms with Crippen LogP contribution >= 0.6 is 11.6 Å². The van der Waals surface area contributed by atoms with Gasteiger partial charge in [-0.25, -0.2) is 8.42 Å². The van der Waals surface area contributed by atoms with Gasteiger partial charge in [-0.15, -0.1) is 0 Å². The normalized spacial score (nSPS) is 10.9. The van der Waals surface area contributed by atoms with Crippen LogP contribution in [0, 0.1) is 0 Å². The fourth-order valence-electron chi connectivity index (χ4n) is 2.13. The first-order valence-corrected chi connectivity index (χ1v) is 9.66. The molecule has 0 aliphatic heterocycles. The minimum absolute atomic E-state index is 0.0223. The average Bonchev–Trinajstić information content (AvgIpc) is 2.62. The first-order chi connectivity index (χ1) is 12.3. The van der Waals surface area contributed by atoms with Crippen LogP contribution < -0.4 is 19.5 Å². The molecule has 0 bridgehead atoms. The van der Waals surface area contributed by atoms with E-state index in [1.54, 1.807) is 31.2 Å². The van der Waals surface area contributed by atoms with Gasteiger partial charge in [-0.05, 0) is 43.3 Å². The number of carbonyl (C=O) groups is 1. The Bertz CT molecular complexity index is 898. The van der Waals surface area contributed by atoms with E-state index in [4.69, 9.17) is 21.1 Å². The zero-order chi connectivity index (χ0) is 19.3. The van der Waals surface area contributed by atoms with E-state index in [1.165, 1.54) is 26.4 Å². The van der Waals surface area contributed by atoms with Gasteiger partial charge in [0.25, 0.3) is 5.91 Å². The minimum Gasteiger partial charge on any atom is -0.493 e. The lowest BCUT2D eigenvalue weighted by atomic mass is 10.1. The van der Waals surface area contributed by atoms with Crippen LogP contribution in [-0.2, 0) is 10.0 Å². The van der Waals surface area contributed by atoms with E-state index >= 15 is 0 Å². The molecule has 0 aliphatic carbocycles. The highest BCUT2D eigenvalue weighted by molar-refractivity contribution is 7.92. The maximum absolute atomic E-state index is 12.4. The first-order valence-electron chi connectivity index (χ1n) is 7.63. The van der Waals surface area contributed by atoms with E-state index in [1.807, 2.05) is 0 Å². The molecular formula is C17H19ClN2O5S. The molecule has 0 saturated carbocycles. The molecule has 2 N–H and O–H groups in total. The molecule has 0 spiro atoms. The fraction of sp³-hybridized carbons (Fsp3) is 0.235. The molecule has 26 heavy (non-hydrogen) atoms. The second-order valence-corrected chi connectivity index (χ2v) is 7.65. The zero-order valence-electron chi connectivity index (χ0n) is 14.5. The summed E-state index contributed by atoms with van der Waals surface area (Å²) in [6.07, 6.45) is 0. The van der Waals surface area contributed by atoms with Crippen molar-refractivity contribution in [2.24, 2.45) is 0 Å². The second-order valence-electron chi connectivity index (χ2n) is 5.23. The number of methoxy groups -OCH3 is 2. The lowest BCUT2D eigenvalue weighted by molar-refractivity contribution is 0.102. The predicted octanol–water partition coefficient (Wildman–Crippen LogP) is 3.37. The Kier molecular flexibility index (Phi) is 6.33. The number of anilines is 2. The Morgan fingerprint density at radius 3 is 2.23 bits per heavy atom. The van der Waals surface area contributed by atoms with Gasteiger partial charge < -0.3 is 14.8 Å². The van der Waals surface area contributed by atoms with Crippen molar-refractivity contribution in [3.63, 3.8) is 0 Å². The van der Waals surface area contributed by atoms with Gasteiger partial charge in [0.2, 0.25) is 10.0 Å². The van der Waals surface area contributed by atoms with Crippen LogP contribution in [0.5, 0.6) is 11.5 Å². The summed E-state index contributed by atoms with van der Waals surface area (Å²) in [5, 5.41) is 2.96. The summed E-state index contributed by atoms with van der Waals surface area (Å²) in [7, 11) is -0.442. The van der Waals surface area contributed by atoms with Crippen molar-refractivity contribution in [1.82, 2.24) is 0 Å². The monoisotopic (exact) mass is 398 g/mol. The van der Waals surface area contributed by atoms with Crippen molar-refractivity contribution in [2.75, 3.05) is 30.0 Å². The number of benzene rings is 2. The van der Waals surface area contributed by atoms with Crippen LogP contribution in [0.3, 0.4) is 0 Å². The molecule has 0 aromatic heterocycles. The third-order valence-corrected chi connectivity index (χ3v) is 5.08. The Hall–Kier alpha value is -2.45. The summed E-state index contributed by atoms with van der Waals surface area (Å²) >= 11 is 6.11. The second kappa shape index (κ2) is 8.29. The van der Waals surface area contributed by atoms with Gasteiger partial charge in [0.1, 0.15) is 0 Å². The number of sulfonamides is 1.